The van der Waals surface area contributed by atoms with Crippen molar-refractivity contribution in [3.63, 3.8) is 0 Å². The Morgan fingerprint density at radius 3 is 3.00 bits per heavy atom. The van der Waals surface area contributed by atoms with Crippen LogP contribution in [0.25, 0.3) is 0 Å². The molecule has 1 aromatic carbocycles. The number of nitrogens with zero attached hydrogens (tertiary/aromatic N) is 1. The molecular weight excluding hydrogens is 188 g/mol. The second kappa shape index (κ2) is 4.21. The summed E-state index contributed by atoms with van der Waals surface area (Å²) in [7, 11) is 3.84. The van der Waals surface area contributed by atoms with Gasteiger partial charge in [-0.15, -0.1) is 0 Å². The Morgan fingerprint density at radius 2 is 2.33 bits per heavy atom. The fraction of sp³-hybridized carbons (Fsp3) is 0.500. The van der Waals surface area contributed by atoms with Crippen molar-refractivity contribution in [3.05, 3.63) is 29.3 Å². The van der Waals surface area contributed by atoms with Crippen LogP contribution in [0.3, 0.4) is 0 Å². The van der Waals surface area contributed by atoms with Crippen molar-refractivity contribution in [3.8, 4) is 5.75 Å². The molecule has 3 heteroatoms. The zero-order valence-electron chi connectivity index (χ0n) is 9.36. The maximum Gasteiger partial charge on any atom is 0.119 e. The van der Waals surface area contributed by atoms with Gasteiger partial charge in [0.1, 0.15) is 5.75 Å². The van der Waals surface area contributed by atoms with Crippen LogP contribution in [-0.4, -0.2) is 32.1 Å². The van der Waals surface area contributed by atoms with Crippen LogP contribution in [0.5, 0.6) is 5.75 Å². The molecule has 3 nitrogen and oxygen atoms in total. The fourth-order valence-electron chi connectivity index (χ4n) is 2.25. The molecule has 0 amide bonds. The third kappa shape index (κ3) is 1.85. The molecule has 2 N–H and O–H groups in total. The summed E-state index contributed by atoms with van der Waals surface area (Å²) in [4.78, 5) is 2.31. The molecule has 0 fully saturated rings. The van der Waals surface area contributed by atoms with Crippen molar-refractivity contribution in [1.29, 1.82) is 0 Å². The van der Waals surface area contributed by atoms with Gasteiger partial charge >= 0.3 is 0 Å². The summed E-state index contributed by atoms with van der Waals surface area (Å²) >= 11 is 0. The lowest BCUT2D eigenvalue weighted by atomic mass is 9.93. The van der Waals surface area contributed by atoms with Gasteiger partial charge in [-0.1, -0.05) is 6.07 Å². The van der Waals surface area contributed by atoms with Gasteiger partial charge in [0.05, 0.1) is 7.11 Å². The Balaban J connectivity index is 2.38. The average Bonchev–Trinajstić information content (AvgIpc) is 2.28. The van der Waals surface area contributed by atoms with Crippen LogP contribution in [-0.2, 0) is 6.42 Å². The molecule has 1 atom stereocenters. The second-order valence-corrected chi connectivity index (χ2v) is 4.05. The van der Waals surface area contributed by atoms with E-state index in [2.05, 4.69) is 24.1 Å². The van der Waals surface area contributed by atoms with Crippen molar-refractivity contribution in [2.75, 3.05) is 27.2 Å². The highest BCUT2D eigenvalue weighted by molar-refractivity contribution is 5.39. The number of ether oxygens (including phenoxy) is 1. The Kier molecular flexibility index (Phi) is 2.93. The fourth-order valence-corrected chi connectivity index (χ4v) is 2.25. The van der Waals surface area contributed by atoms with Crippen LogP contribution < -0.4 is 10.5 Å². The van der Waals surface area contributed by atoms with Gasteiger partial charge < -0.3 is 10.5 Å². The maximum absolute atomic E-state index is 5.81. The Labute approximate surface area is 90.8 Å². The monoisotopic (exact) mass is 206 g/mol. The standard InChI is InChI=1S/C12H18N2O/c1-14-6-5-9-7-10(15-2)3-4-11(9)12(14)8-13/h3-4,7,12H,5-6,8,13H2,1-2H3. The molecule has 0 radical (unpaired) electrons. The van der Waals surface area contributed by atoms with Gasteiger partial charge in [-0.05, 0) is 36.7 Å². The van der Waals surface area contributed by atoms with E-state index in [9.17, 15) is 0 Å². The predicted octanol–water partition coefficient (Wildman–Crippen LogP) is 1.18. The summed E-state index contributed by atoms with van der Waals surface area (Å²) in [5.41, 5.74) is 8.54. The number of hydrogen-bond acceptors (Lipinski definition) is 3. The van der Waals surface area contributed by atoms with Gasteiger partial charge in [0.15, 0.2) is 0 Å². The number of nitrogens with two attached hydrogens (primary N) is 1. The van der Waals surface area contributed by atoms with E-state index in [0.29, 0.717) is 12.6 Å². The molecule has 0 saturated heterocycles. The molecule has 15 heavy (non-hydrogen) atoms. The minimum Gasteiger partial charge on any atom is -0.497 e. The molecule has 1 aromatic rings. The van der Waals surface area contributed by atoms with E-state index in [1.807, 2.05) is 6.07 Å². The van der Waals surface area contributed by atoms with Crippen molar-refractivity contribution < 1.29 is 4.74 Å². The normalized spacial score (nSPS) is 21.1. The minimum atomic E-state index is 0.361. The average molecular weight is 206 g/mol. The van der Waals surface area contributed by atoms with Crippen molar-refractivity contribution in [2.24, 2.45) is 5.73 Å². The molecular formula is C12H18N2O. The van der Waals surface area contributed by atoms with E-state index >= 15 is 0 Å². The molecule has 0 spiro atoms. The summed E-state index contributed by atoms with van der Waals surface area (Å²) in [6.45, 7) is 1.75. The summed E-state index contributed by atoms with van der Waals surface area (Å²) in [6.07, 6.45) is 1.08. The van der Waals surface area contributed by atoms with E-state index < -0.39 is 0 Å². The second-order valence-electron chi connectivity index (χ2n) is 4.05. The first-order valence-corrected chi connectivity index (χ1v) is 5.33. The number of methoxy groups -OCH3 is 1. The minimum absolute atomic E-state index is 0.361. The molecule has 1 aliphatic rings. The summed E-state index contributed by atoms with van der Waals surface area (Å²) < 4.78 is 5.23. The number of fused-ring (bicyclic) bond motifs is 1. The summed E-state index contributed by atoms with van der Waals surface area (Å²) in [6, 6.07) is 6.65. The van der Waals surface area contributed by atoms with Gasteiger partial charge in [-0.3, -0.25) is 4.90 Å². The zero-order chi connectivity index (χ0) is 10.8. The first-order valence-electron chi connectivity index (χ1n) is 5.33. The third-order valence-electron chi connectivity index (χ3n) is 3.20. The van der Waals surface area contributed by atoms with E-state index in [1.54, 1.807) is 7.11 Å². The lowest BCUT2D eigenvalue weighted by molar-refractivity contribution is 0.236. The number of likely N-dealkylation sites (N-methyl/N-ethyl adjacent to an activating group) is 1. The van der Waals surface area contributed by atoms with E-state index in [-0.39, 0.29) is 0 Å². The summed E-state index contributed by atoms with van der Waals surface area (Å²) in [5, 5.41) is 0. The van der Waals surface area contributed by atoms with Crippen LogP contribution >= 0.6 is 0 Å². The Hall–Kier alpha value is -1.06. The molecule has 2 rings (SSSR count). The van der Waals surface area contributed by atoms with Crippen LogP contribution in [0.4, 0.5) is 0 Å². The van der Waals surface area contributed by atoms with Crippen LogP contribution in [0.1, 0.15) is 17.2 Å². The van der Waals surface area contributed by atoms with Gasteiger partial charge in [-0.25, -0.2) is 0 Å². The quantitative estimate of drug-likeness (QED) is 0.789. The lowest BCUT2D eigenvalue weighted by Crippen LogP contribution is -2.36. The lowest BCUT2D eigenvalue weighted by Gasteiger charge is -2.33. The highest BCUT2D eigenvalue weighted by Gasteiger charge is 2.23. The maximum atomic E-state index is 5.81. The van der Waals surface area contributed by atoms with Crippen molar-refractivity contribution in [2.45, 2.75) is 12.5 Å². The Morgan fingerprint density at radius 1 is 1.53 bits per heavy atom. The smallest absolute Gasteiger partial charge is 0.119 e. The number of benzene rings is 1. The molecule has 0 saturated carbocycles. The van der Waals surface area contributed by atoms with Gasteiger partial charge in [0.25, 0.3) is 0 Å². The van der Waals surface area contributed by atoms with Gasteiger partial charge in [0.2, 0.25) is 0 Å². The molecule has 82 valence electrons. The highest BCUT2D eigenvalue weighted by Crippen LogP contribution is 2.30. The van der Waals surface area contributed by atoms with Crippen LogP contribution in [0, 0.1) is 0 Å². The third-order valence-corrected chi connectivity index (χ3v) is 3.20. The van der Waals surface area contributed by atoms with Gasteiger partial charge in [0, 0.05) is 19.1 Å². The van der Waals surface area contributed by atoms with E-state index in [4.69, 9.17) is 10.5 Å². The van der Waals surface area contributed by atoms with E-state index in [0.717, 1.165) is 18.7 Å². The first kappa shape index (κ1) is 10.5. The summed E-state index contributed by atoms with van der Waals surface area (Å²) in [5.74, 6) is 0.939. The molecule has 0 aliphatic carbocycles. The zero-order valence-corrected chi connectivity index (χ0v) is 9.36. The molecule has 1 aliphatic heterocycles. The van der Waals surface area contributed by atoms with Crippen LogP contribution in [0.15, 0.2) is 18.2 Å². The molecule has 1 unspecified atom stereocenters. The first-order chi connectivity index (χ1) is 7.26. The topological polar surface area (TPSA) is 38.5 Å². The number of hydrogen-bond donors (Lipinski definition) is 1. The highest BCUT2D eigenvalue weighted by atomic mass is 16.5. The van der Waals surface area contributed by atoms with Gasteiger partial charge in [-0.2, -0.15) is 0 Å². The van der Waals surface area contributed by atoms with Crippen LogP contribution in [0.2, 0.25) is 0 Å². The largest absolute Gasteiger partial charge is 0.497 e. The van der Waals surface area contributed by atoms with E-state index in [1.165, 1.54) is 11.1 Å². The Bertz CT molecular complexity index is 351. The van der Waals surface area contributed by atoms with Crippen molar-refractivity contribution in [1.82, 2.24) is 4.90 Å². The van der Waals surface area contributed by atoms with Crippen molar-refractivity contribution >= 4 is 0 Å². The number of rotatable bonds is 2. The molecule has 1 heterocycles. The molecule has 0 aromatic heterocycles. The SMILES string of the molecule is COc1ccc2c(c1)CCN(C)C2CN. The predicted molar refractivity (Wildman–Crippen MR) is 61.1 cm³/mol. The molecule has 0 bridgehead atoms.